The summed E-state index contributed by atoms with van der Waals surface area (Å²) in [5.74, 6) is -3.43. The van der Waals surface area contributed by atoms with Gasteiger partial charge >= 0.3 is 5.76 Å². The molecule has 1 aromatic carbocycles. The van der Waals surface area contributed by atoms with Gasteiger partial charge in [0.2, 0.25) is 9.84 Å². The first-order valence-electron chi connectivity index (χ1n) is 6.32. The fourth-order valence-electron chi connectivity index (χ4n) is 2.28. The van der Waals surface area contributed by atoms with Crippen molar-refractivity contribution in [1.29, 1.82) is 0 Å². The van der Waals surface area contributed by atoms with Crippen LogP contribution in [0.3, 0.4) is 0 Å². The summed E-state index contributed by atoms with van der Waals surface area (Å²) >= 11 is 0. The van der Waals surface area contributed by atoms with Crippen molar-refractivity contribution in [3.05, 3.63) is 24.3 Å². The lowest BCUT2D eigenvalue weighted by atomic mass is 9.93. The van der Waals surface area contributed by atoms with Crippen LogP contribution in [0, 0.1) is 0 Å². The van der Waals surface area contributed by atoms with Gasteiger partial charge in [0.15, 0.2) is 0 Å². The molecule has 0 spiro atoms. The number of rotatable bonds is 3. The monoisotopic (exact) mass is 305 g/mol. The van der Waals surface area contributed by atoms with Crippen LogP contribution in [-0.4, -0.2) is 38.0 Å². The van der Waals surface area contributed by atoms with Crippen LogP contribution in [0.5, 0.6) is 0 Å². The molecule has 1 aliphatic heterocycles. The van der Waals surface area contributed by atoms with E-state index in [1.165, 1.54) is 18.2 Å². The largest absolute Gasteiger partial charge is 0.390 e. The van der Waals surface area contributed by atoms with Crippen molar-refractivity contribution in [3.63, 3.8) is 0 Å². The third-order valence-corrected chi connectivity index (χ3v) is 5.02. The van der Waals surface area contributed by atoms with E-state index in [2.05, 4.69) is 0 Å². The molecule has 1 fully saturated rings. The summed E-state index contributed by atoms with van der Waals surface area (Å²) in [5, 5.41) is 9.89. The molecular weight excluding hydrogens is 288 g/mol. The van der Waals surface area contributed by atoms with E-state index in [-0.39, 0.29) is 10.6 Å². The van der Waals surface area contributed by atoms with Gasteiger partial charge in [-0.2, -0.15) is 8.78 Å². The Morgan fingerprint density at radius 1 is 1.25 bits per heavy atom. The van der Waals surface area contributed by atoms with E-state index in [9.17, 15) is 22.3 Å². The van der Waals surface area contributed by atoms with E-state index in [0.717, 1.165) is 0 Å². The number of piperidine rings is 1. The second-order valence-corrected chi connectivity index (χ2v) is 7.14. The summed E-state index contributed by atoms with van der Waals surface area (Å²) in [7, 11) is -4.62. The molecule has 2 rings (SSSR count). The van der Waals surface area contributed by atoms with Gasteiger partial charge in [-0.25, -0.2) is 8.42 Å². The Kier molecular flexibility index (Phi) is 4.02. The van der Waals surface area contributed by atoms with Crippen molar-refractivity contribution in [1.82, 2.24) is 0 Å². The molecule has 1 N–H and O–H groups in total. The minimum atomic E-state index is -4.62. The molecule has 20 heavy (non-hydrogen) atoms. The Hall–Kier alpha value is -1.21. The van der Waals surface area contributed by atoms with Crippen molar-refractivity contribution in [3.8, 4) is 0 Å². The molecule has 0 atom stereocenters. The first-order chi connectivity index (χ1) is 9.24. The molecule has 0 saturated carbocycles. The fraction of sp³-hybridized carbons (Fsp3) is 0.538. The number of para-hydroxylation sites is 1. The Bertz CT molecular complexity index is 577. The van der Waals surface area contributed by atoms with Gasteiger partial charge in [-0.1, -0.05) is 12.1 Å². The minimum Gasteiger partial charge on any atom is -0.390 e. The Morgan fingerprint density at radius 3 is 2.35 bits per heavy atom. The molecule has 1 aliphatic rings. The van der Waals surface area contributed by atoms with Gasteiger partial charge < -0.3 is 10.0 Å². The van der Waals surface area contributed by atoms with Crippen LogP contribution in [-0.2, 0) is 9.84 Å². The molecule has 0 amide bonds. The highest BCUT2D eigenvalue weighted by Crippen LogP contribution is 2.32. The molecule has 0 aromatic heterocycles. The van der Waals surface area contributed by atoms with Crippen molar-refractivity contribution >= 4 is 15.5 Å². The first kappa shape index (κ1) is 15.2. The van der Waals surface area contributed by atoms with E-state index < -0.39 is 21.2 Å². The summed E-state index contributed by atoms with van der Waals surface area (Å²) in [6, 6.07) is 5.77. The third-order valence-electron chi connectivity index (χ3n) is 3.59. The molecule has 1 aromatic rings. The molecular formula is C13H17F2NO3S. The van der Waals surface area contributed by atoms with Gasteiger partial charge in [-0.15, -0.1) is 0 Å². The molecule has 7 heteroatoms. The highest BCUT2D eigenvalue weighted by molar-refractivity contribution is 7.91. The number of nitrogens with zero attached hydrogens (tertiary/aromatic N) is 1. The van der Waals surface area contributed by atoms with Crippen LogP contribution in [0.4, 0.5) is 14.5 Å². The van der Waals surface area contributed by atoms with Gasteiger partial charge in [-0.3, -0.25) is 0 Å². The first-order valence-corrected chi connectivity index (χ1v) is 7.87. The highest BCUT2D eigenvalue weighted by Gasteiger charge is 2.33. The third kappa shape index (κ3) is 2.93. The smallest absolute Gasteiger partial charge is 0.341 e. The average molecular weight is 305 g/mol. The van der Waals surface area contributed by atoms with Gasteiger partial charge in [0.25, 0.3) is 0 Å². The maximum atomic E-state index is 12.7. The molecule has 4 nitrogen and oxygen atoms in total. The number of benzene rings is 1. The average Bonchev–Trinajstić information content (AvgIpc) is 2.38. The zero-order valence-corrected chi connectivity index (χ0v) is 11.9. The summed E-state index contributed by atoms with van der Waals surface area (Å²) in [6.07, 6.45) is 0.937. The second-order valence-electron chi connectivity index (χ2n) is 5.26. The minimum absolute atomic E-state index is 0.281. The zero-order valence-electron chi connectivity index (χ0n) is 11.1. The topological polar surface area (TPSA) is 57.6 Å². The quantitative estimate of drug-likeness (QED) is 0.928. The lowest BCUT2D eigenvalue weighted by Gasteiger charge is -2.37. The van der Waals surface area contributed by atoms with E-state index in [4.69, 9.17) is 0 Å². The van der Waals surface area contributed by atoms with Crippen LogP contribution >= 0.6 is 0 Å². The SMILES string of the molecule is CC1(O)CCN(c2ccccc2S(=O)(=O)C(F)F)CC1. The zero-order chi connectivity index (χ0) is 15.0. The van der Waals surface area contributed by atoms with E-state index >= 15 is 0 Å². The molecule has 112 valence electrons. The van der Waals surface area contributed by atoms with Gasteiger partial charge in [-0.05, 0) is 31.9 Å². The van der Waals surface area contributed by atoms with E-state index in [1.807, 2.05) is 0 Å². The fourth-order valence-corrected chi connectivity index (χ4v) is 3.23. The molecule has 1 saturated heterocycles. The Morgan fingerprint density at radius 2 is 1.80 bits per heavy atom. The predicted octanol–water partition coefficient (Wildman–Crippen LogP) is 2.03. The van der Waals surface area contributed by atoms with Gasteiger partial charge in [0, 0.05) is 13.1 Å². The Labute approximate surface area is 116 Å². The number of hydrogen-bond acceptors (Lipinski definition) is 4. The highest BCUT2D eigenvalue weighted by atomic mass is 32.2. The summed E-state index contributed by atoms with van der Waals surface area (Å²) in [4.78, 5) is 1.38. The predicted molar refractivity (Wildman–Crippen MR) is 71.7 cm³/mol. The van der Waals surface area contributed by atoms with Crippen molar-refractivity contribution in [2.45, 2.75) is 36.0 Å². The molecule has 0 bridgehead atoms. The summed E-state index contributed by atoms with van der Waals surface area (Å²) in [6.45, 7) is 2.58. The van der Waals surface area contributed by atoms with Crippen LogP contribution in [0.15, 0.2) is 29.2 Å². The second kappa shape index (κ2) is 5.29. The van der Waals surface area contributed by atoms with Crippen LogP contribution in [0.25, 0.3) is 0 Å². The molecule has 1 heterocycles. The van der Waals surface area contributed by atoms with Gasteiger partial charge in [0.1, 0.15) is 0 Å². The summed E-state index contributed by atoms with van der Waals surface area (Å²) < 4.78 is 48.8. The van der Waals surface area contributed by atoms with Gasteiger partial charge in [0.05, 0.1) is 16.2 Å². The van der Waals surface area contributed by atoms with Crippen LogP contribution in [0.2, 0.25) is 0 Å². The Balaban J connectivity index is 2.35. The molecule has 0 aliphatic carbocycles. The number of sulfone groups is 1. The molecule has 0 unspecified atom stereocenters. The van der Waals surface area contributed by atoms with Crippen LogP contribution in [0.1, 0.15) is 19.8 Å². The maximum Gasteiger partial charge on any atom is 0.341 e. The van der Waals surface area contributed by atoms with Crippen molar-refractivity contribution < 1.29 is 22.3 Å². The number of hydrogen-bond donors (Lipinski definition) is 1. The lowest BCUT2D eigenvalue weighted by molar-refractivity contribution is 0.0350. The van der Waals surface area contributed by atoms with E-state index in [1.54, 1.807) is 17.9 Å². The van der Waals surface area contributed by atoms with E-state index in [0.29, 0.717) is 25.9 Å². The molecule has 0 radical (unpaired) electrons. The van der Waals surface area contributed by atoms with Crippen LogP contribution < -0.4 is 4.90 Å². The number of halogens is 2. The number of aliphatic hydroxyl groups is 1. The lowest BCUT2D eigenvalue weighted by Crippen LogP contribution is -2.43. The summed E-state index contributed by atoms with van der Waals surface area (Å²) in [5.41, 5.74) is -0.504. The maximum absolute atomic E-state index is 12.7. The standard InChI is InChI=1S/C13H17F2NO3S/c1-13(17)6-8-16(9-7-13)10-4-2-3-5-11(10)20(18,19)12(14)15/h2-5,12,17H,6-9H2,1H3. The van der Waals surface area contributed by atoms with Crippen molar-refractivity contribution in [2.75, 3.05) is 18.0 Å². The number of alkyl halides is 2. The van der Waals surface area contributed by atoms with Crippen molar-refractivity contribution in [2.24, 2.45) is 0 Å². The number of anilines is 1. The normalized spacial score (nSPS) is 19.4.